The van der Waals surface area contributed by atoms with E-state index < -0.39 is 0 Å². The van der Waals surface area contributed by atoms with E-state index in [-0.39, 0.29) is 11.8 Å². The van der Waals surface area contributed by atoms with Gasteiger partial charge < -0.3 is 15.8 Å². The van der Waals surface area contributed by atoms with Crippen LogP contribution < -0.4 is 10.6 Å². The molecule has 0 amide bonds. The van der Waals surface area contributed by atoms with Crippen molar-refractivity contribution in [1.29, 1.82) is 0 Å². The first-order chi connectivity index (χ1) is 9.13. The summed E-state index contributed by atoms with van der Waals surface area (Å²) in [6.07, 6.45) is 3.22. The van der Waals surface area contributed by atoms with Gasteiger partial charge in [-0.25, -0.2) is 9.07 Å². The number of aromatic nitrogens is 2. The Hall–Kier alpha value is -2.09. The van der Waals surface area contributed by atoms with Crippen LogP contribution in [0.4, 0.5) is 15.8 Å². The molecule has 3 N–H and O–H groups in total. The van der Waals surface area contributed by atoms with Crippen molar-refractivity contribution < 1.29 is 9.60 Å². The average molecular weight is 328 g/mol. The second kappa shape index (κ2) is 5.70. The van der Waals surface area contributed by atoms with Crippen molar-refractivity contribution in [3.8, 4) is 0 Å². The number of rotatable bonds is 2. The van der Waals surface area contributed by atoms with E-state index in [0.29, 0.717) is 10.2 Å². The van der Waals surface area contributed by atoms with Crippen LogP contribution >= 0.6 is 15.9 Å². The van der Waals surface area contributed by atoms with E-state index in [1.807, 2.05) is 0 Å². The van der Waals surface area contributed by atoms with E-state index in [0.717, 1.165) is 5.69 Å². The fraction of sp³-hybridized carbons (Fsp3) is 0.0909. The highest BCUT2D eigenvalue weighted by molar-refractivity contribution is 9.10. The van der Waals surface area contributed by atoms with Crippen molar-refractivity contribution in [3.05, 3.63) is 40.9 Å². The number of benzene rings is 1. The quantitative estimate of drug-likeness (QED) is 0.343. The first-order valence-corrected chi connectivity index (χ1v) is 6.10. The third kappa shape index (κ3) is 3.02. The average Bonchev–Trinajstić information content (AvgIpc) is 2.88. The molecular formula is C11H11BrFN5O. The standard InChI is InChI=1S/C11H11BrFN5O/c1-14-8-5-15-18(6-8)11(17-19)16-7-2-3-10(13)9(12)4-7/h2-6,14,19H,1H3,(H,16,17). The van der Waals surface area contributed by atoms with Gasteiger partial charge >= 0.3 is 0 Å². The fourth-order valence-electron chi connectivity index (χ4n) is 1.40. The van der Waals surface area contributed by atoms with Gasteiger partial charge in [-0.1, -0.05) is 0 Å². The molecule has 19 heavy (non-hydrogen) atoms. The monoisotopic (exact) mass is 327 g/mol. The summed E-state index contributed by atoms with van der Waals surface area (Å²) in [4.78, 5) is 0. The van der Waals surface area contributed by atoms with Gasteiger partial charge in [0.15, 0.2) is 0 Å². The van der Waals surface area contributed by atoms with Crippen LogP contribution in [0.5, 0.6) is 0 Å². The highest BCUT2D eigenvalue weighted by Crippen LogP contribution is 2.20. The molecule has 8 heteroatoms. The summed E-state index contributed by atoms with van der Waals surface area (Å²) in [5.41, 5.74) is 1.32. The highest BCUT2D eigenvalue weighted by atomic mass is 79.9. The molecule has 1 aromatic carbocycles. The zero-order valence-corrected chi connectivity index (χ0v) is 11.5. The van der Waals surface area contributed by atoms with E-state index >= 15 is 0 Å². The molecule has 0 saturated carbocycles. The molecule has 0 bridgehead atoms. The second-order valence-corrected chi connectivity index (χ2v) is 4.46. The Morgan fingerprint density at radius 1 is 1.47 bits per heavy atom. The number of hydrogen-bond acceptors (Lipinski definition) is 4. The van der Waals surface area contributed by atoms with E-state index in [1.165, 1.54) is 22.9 Å². The maximum Gasteiger partial charge on any atom is 0.265 e. The molecule has 2 rings (SSSR count). The predicted molar refractivity (Wildman–Crippen MR) is 74.1 cm³/mol. The van der Waals surface area contributed by atoms with Gasteiger partial charge in [-0.15, -0.1) is 0 Å². The molecule has 0 radical (unpaired) electrons. The van der Waals surface area contributed by atoms with Crippen LogP contribution in [0.15, 0.2) is 40.2 Å². The molecule has 2 aromatic rings. The van der Waals surface area contributed by atoms with Gasteiger partial charge in [0.2, 0.25) is 0 Å². The minimum Gasteiger partial charge on any atom is -0.408 e. The molecule has 1 aromatic heterocycles. The third-order valence-electron chi connectivity index (χ3n) is 2.36. The summed E-state index contributed by atoms with van der Waals surface area (Å²) in [7, 11) is 1.75. The van der Waals surface area contributed by atoms with Crippen LogP contribution in [0.3, 0.4) is 0 Å². The molecule has 0 aliphatic carbocycles. The van der Waals surface area contributed by atoms with Crippen molar-refractivity contribution in [2.24, 2.45) is 5.16 Å². The molecule has 0 atom stereocenters. The lowest BCUT2D eigenvalue weighted by atomic mass is 10.3. The molecule has 0 fully saturated rings. The second-order valence-electron chi connectivity index (χ2n) is 3.60. The first kappa shape index (κ1) is 13.3. The van der Waals surface area contributed by atoms with Crippen LogP contribution in [0.1, 0.15) is 0 Å². The smallest absolute Gasteiger partial charge is 0.265 e. The minimum absolute atomic E-state index is 0.0972. The molecule has 0 aliphatic heterocycles. The maximum atomic E-state index is 13.1. The normalized spacial score (nSPS) is 11.4. The van der Waals surface area contributed by atoms with Gasteiger partial charge in [-0.3, -0.25) is 0 Å². The van der Waals surface area contributed by atoms with Crippen molar-refractivity contribution in [3.63, 3.8) is 0 Å². The van der Waals surface area contributed by atoms with Gasteiger partial charge in [0.25, 0.3) is 5.96 Å². The number of anilines is 2. The van der Waals surface area contributed by atoms with Crippen LogP contribution in [0, 0.1) is 5.82 Å². The maximum absolute atomic E-state index is 13.1. The number of hydrogen-bond donors (Lipinski definition) is 3. The Bertz CT molecular complexity index is 613. The molecular weight excluding hydrogens is 317 g/mol. The Kier molecular flexibility index (Phi) is 4.00. The third-order valence-corrected chi connectivity index (χ3v) is 2.97. The Labute approximate surface area is 117 Å². The lowest BCUT2D eigenvalue weighted by Crippen LogP contribution is -2.22. The lowest BCUT2D eigenvalue weighted by Gasteiger charge is -2.08. The number of nitrogens with one attached hydrogen (secondary N) is 2. The van der Waals surface area contributed by atoms with Crippen molar-refractivity contribution in [2.45, 2.75) is 0 Å². The van der Waals surface area contributed by atoms with Gasteiger partial charge in [0.1, 0.15) is 5.82 Å². The Morgan fingerprint density at radius 3 is 2.84 bits per heavy atom. The summed E-state index contributed by atoms with van der Waals surface area (Å²) < 4.78 is 14.8. The number of nitrogens with zero attached hydrogens (tertiary/aromatic N) is 3. The predicted octanol–water partition coefficient (Wildman–Crippen LogP) is 2.53. The van der Waals surface area contributed by atoms with Gasteiger partial charge in [0, 0.05) is 12.7 Å². The first-order valence-electron chi connectivity index (χ1n) is 5.31. The van der Waals surface area contributed by atoms with E-state index in [1.54, 1.807) is 19.4 Å². The Balaban J connectivity index is 2.21. The molecule has 1 heterocycles. The highest BCUT2D eigenvalue weighted by Gasteiger charge is 2.07. The molecule has 0 unspecified atom stereocenters. The molecule has 0 saturated heterocycles. The van der Waals surface area contributed by atoms with Crippen LogP contribution in [0.2, 0.25) is 0 Å². The largest absolute Gasteiger partial charge is 0.408 e. The van der Waals surface area contributed by atoms with Crippen molar-refractivity contribution in [2.75, 3.05) is 17.7 Å². The summed E-state index contributed by atoms with van der Waals surface area (Å²) >= 11 is 3.08. The summed E-state index contributed by atoms with van der Waals surface area (Å²) in [6, 6.07) is 4.35. The lowest BCUT2D eigenvalue weighted by molar-refractivity contribution is 0.316. The van der Waals surface area contributed by atoms with Crippen molar-refractivity contribution in [1.82, 2.24) is 9.78 Å². The van der Waals surface area contributed by atoms with Crippen molar-refractivity contribution >= 4 is 33.3 Å². The number of oxime groups is 1. The number of halogens is 2. The van der Waals surface area contributed by atoms with Gasteiger partial charge in [0.05, 0.1) is 22.6 Å². The van der Waals surface area contributed by atoms with Crippen LogP contribution in [-0.2, 0) is 0 Å². The van der Waals surface area contributed by atoms with Gasteiger partial charge in [-0.2, -0.15) is 5.10 Å². The topological polar surface area (TPSA) is 74.5 Å². The fourth-order valence-corrected chi connectivity index (χ4v) is 1.78. The van der Waals surface area contributed by atoms with E-state index in [4.69, 9.17) is 5.21 Å². The summed E-state index contributed by atoms with van der Waals surface area (Å²) in [5, 5.41) is 21.9. The Morgan fingerprint density at radius 2 is 2.26 bits per heavy atom. The van der Waals surface area contributed by atoms with Crippen LogP contribution in [-0.4, -0.2) is 28.0 Å². The minimum atomic E-state index is -0.371. The summed E-state index contributed by atoms with van der Waals surface area (Å²) in [6.45, 7) is 0. The summed E-state index contributed by atoms with van der Waals surface area (Å²) in [5.74, 6) is -0.274. The molecule has 6 nitrogen and oxygen atoms in total. The zero-order chi connectivity index (χ0) is 13.8. The molecule has 0 spiro atoms. The SMILES string of the molecule is CNc1cnn(C(=NO)Nc2ccc(F)c(Br)c2)c1. The van der Waals surface area contributed by atoms with E-state index in [2.05, 4.69) is 36.8 Å². The molecule has 100 valence electrons. The molecule has 0 aliphatic rings. The zero-order valence-electron chi connectivity index (χ0n) is 9.93. The van der Waals surface area contributed by atoms with E-state index in [9.17, 15) is 4.39 Å². The van der Waals surface area contributed by atoms with Crippen LogP contribution in [0.25, 0.3) is 0 Å². The van der Waals surface area contributed by atoms with Gasteiger partial charge in [-0.05, 0) is 39.3 Å².